The van der Waals surface area contributed by atoms with Crippen LogP contribution in [0.2, 0.25) is 5.02 Å². The van der Waals surface area contributed by atoms with Crippen LogP contribution in [0.5, 0.6) is 0 Å². The van der Waals surface area contributed by atoms with Gasteiger partial charge in [-0.3, -0.25) is 14.4 Å². The molecule has 0 saturated heterocycles. The number of benzene rings is 2. The zero-order chi connectivity index (χ0) is 32.6. The number of carbonyl (C=O) groups excluding carboxylic acids is 3. The van der Waals surface area contributed by atoms with E-state index < -0.39 is 59.1 Å². The largest absolute Gasteiger partial charge is 0.463 e. The number of aromatic nitrogens is 3. The molecule has 16 heteroatoms. The van der Waals surface area contributed by atoms with E-state index in [9.17, 15) is 32.8 Å². The summed E-state index contributed by atoms with van der Waals surface area (Å²) in [5.74, 6) is -6.47. The van der Waals surface area contributed by atoms with Gasteiger partial charge >= 0.3 is 17.9 Å². The fourth-order valence-corrected chi connectivity index (χ4v) is 5.27. The van der Waals surface area contributed by atoms with Crippen LogP contribution in [0.3, 0.4) is 0 Å². The van der Waals surface area contributed by atoms with Crippen LogP contribution in [0.1, 0.15) is 33.3 Å². The first-order chi connectivity index (χ1) is 20.7. The lowest BCUT2D eigenvalue weighted by molar-refractivity contribution is -0.170. The lowest BCUT2D eigenvalue weighted by Gasteiger charge is -2.32. The Labute approximate surface area is 259 Å². The summed E-state index contributed by atoms with van der Waals surface area (Å²) in [6, 6.07) is 7.98. The molecule has 0 amide bonds. The highest BCUT2D eigenvalue weighted by Crippen LogP contribution is 2.33. The summed E-state index contributed by atoms with van der Waals surface area (Å²) in [6.45, 7) is 4.44. The molecule has 11 nitrogen and oxygen atoms in total. The second kappa shape index (κ2) is 15.6. The Morgan fingerprint density at radius 3 is 2.25 bits per heavy atom. The van der Waals surface area contributed by atoms with E-state index in [2.05, 4.69) is 10.3 Å². The summed E-state index contributed by atoms with van der Waals surface area (Å²) in [7, 11) is 0. The maximum Gasteiger partial charge on any atom is 0.303 e. The number of hydrogen-bond donors (Lipinski definition) is 0. The third-order valence-corrected chi connectivity index (χ3v) is 7.07. The first-order valence-electron chi connectivity index (χ1n) is 12.8. The zero-order valence-corrected chi connectivity index (χ0v) is 25.3. The van der Waals surface area contributed by atoms with Gasteiger partial charge in [0.2, 0.25) is 0 Å². The number of rotatable bonds is 13. The molecule has 0 aliphatic carbocycles. The number of nitriles is 1. The molecule has 1 aromatic heterocycles. The first-order valence-corrected chi connectivity index (χ1v) is 14.1. The van der Waals surface area contributed by atoms with Crippen LogP contribution in [0.15, 0.2) is 41.4 Å². The van der Waals surface area contributed by atoms with E-state index in [0.717, 1.165) is 30.8 Å². The van der Waals surface area contributed by atoms with Crippen molar-refractivity contribution in [2.24, 2.45) is 0 Å². The molecule has 2 aromatic carbocycles. The van der Waals surface area contributed by atoms with E-state index in [1.54, 1.807) is 0 Å². The Bertz CT molecular complexity index is 1550. The maximum atomic E-state index is 13.8. The van der Waals surface area contributed by atoms with Crippen molar-refractivity contribution in [1.82, 2.24) is 15.0 Å². The minimum atomic E-state index is -1.64. The Hall–Kier alpha value is -4.13. The van der Waals surface area contributed by atoms with Gasteiger partial charge in [-0.25, -0.2) is 17.9 Å². The molecule has 3 aromatic rings. The van der Waals surface area contributed by atoms with E-state index in [4.69, 9.17) is 30.5 Å². The molecule has 4 atom stereocenters. The standard InChI is InChI=1S/C28H26ClF3N4O7S/c1-14(41-16(3)38)26(13-40-15(2)37)43-28(44-21-6-18(10-33)5-20(29)9-21)25(42-17(4)39)12-36-11-24(34-35-36)19-7-22(30)27(32)23(31)8-19/h5-9,11,14,25-26,28H,12-13H2,1-4H3/t14-,25+,26?,28?/m1/s1. The van der Waals surface area contributed by atoms with E-state index in [-0.39, 0.29) is 35.0 Å². The Balaban J connectivity index is 2.02. The molecule has 1 heterocycles. The van der Waals surface area contributed by atoms with E-state index in [1.807, 2.05) is 6.07 Å². The zero-order valence-electron chi connectivity index (χ0n) is 23.8. The van der Waals surface area contributed by atoms with E-state index >= 15 is 0 Å². The molecule has 44 heavy (non-hydrogen) atoms. The molecule has 0 saturated carbocycles. The number of nitrogens with zero attached hydrogens (tertiary/aromatic N) is 4. The van der Waals surface area contributed by atoms with Crippen molar-refractivity contribution in [3.05, 3.63) is 64.6 Å². The quantitative estimate of drug-likeness (QED) is 0.0821. The van der Waals surface area contributed by atoms with Crippen molar-refractivity contribution in [3.63, 3.8) is 0 Å². The summed E-state index contributed by atoms with van der Waals surface area (Å²) in [5.41, 5.74) is -1.03. The van der Waals surface area contributed by atoms with Gasteiger partial charge in [-0.1, -0.05) is 28.6 Å². The van der Waals surface area contributed by atoms with Gasteiger partial charge in [-0.05, 0) is 37.3 Å². The molecule has 0 aliphatic rings. The fraction of sp³-hybridized carbons (Fsp3) is 0.357. The third-order valence-electron chi connectivity index (χ3n) is 5.69. The molecule has 0 spiro atoms. The Morgan fingerprint density at radius 2 is 1.66 bits per heavy atom. The molecule has 0 aliphatic heterocycles. The van der Waals surface area contributed by atoms with Crippen molar-refractivity contribution in [1.29, 1.82) is 5.26 Å². The van der Waals surface area contributed by atoms with Crippen molar-refractivity contribution < 1.29 is 46.5 Å². The van der Waals surface area contributed by atoms with Gasteiger partial charge in [0.15, 0.2) is 23.6 Å². The number of thioether (sulfide) groups is 1. The first kappa shape index (κ1) is 34.4. The molecular weight excluding hydrogens is 629 g/mol. The molecule has 0 radical (unpaired) electrons. The maximum absolute atomic E-state index is 13.8. The van der Waals surface area contributed by atoms with Gasteiger partial charge in [0.25, 0.3) is 0 Å². The third kappa shape index (κ3) is 9.97. The van der Waals surface area contributed by atoms with Crippen LogP contribution in [-0.4, -0.2) is 63.3 Å². The van der Waals surface area contributed by atoms with Crippen LogP contribution in [0.25, 0.3) is 11.3 Å². The second-order valence-electron chi connectivity index (χ2n) is 9.29. The van der Waals surface area contributed by atoms with Crippen LogP contribution < -0.4 is 0 Å². The lowest BCUT2D eigenvalue weighted by Crippen LogP contribution is -2.43. The van der Waals surface area contributed by atoms with Crippen LogP contribution in [-0.2, 0) is 39.9 Å². The summed E-state index contributed by atoms with van der Waals surface area (Å²) in [4.78, 5) is 35.9. The van der Waals surface area contributed by atoms with Crippen molar-refractivity contribution in [2.75, 3.05) is 6.61 Å². The lowest BCUT2D eigenvalue weighted by atomic mass is 10.1. The monoisotopic (exact) mass is 654 g/mol. The topological polar surface area (TPSA) is 143 Å². The summed E-state index contributed by atoms with van der Waals surface area (Å²) < 4.78 is 64.5. The fourth-order valence-electron chi connectivity index (χ4n) is 3.82. The van der Waals surface area contributed by atoms with Gasteiger partial charge in [-0.2, -0.15) is 5.26 Å². The number of hydrogen-bond acceptors (Lipinski definition) is 11. The van der Waals surface area contributed by atoms with Crippen LogP contribution in [0.4, 0.5) is 13.2 Å². The Kier molecular flexibility index (Phi) is 12.1. The normalized spacial score (nSPS) is 13.7. The average Bonchev–Trinajstić information content (AvgIpc) is 3.40. The average molecular weight is 655 g/mol. The number of halogens is 4. The highest BCUT2D eigenvalue weighted by atomic mass is 35.5. The highest BCUT2D eigenvalue weighted by Gasteiger charge is 2.34. The number of carbonyl (C=O) groups is 3. The van der Waals surface area contributed by atoms with Crippen LogP contribution in [0, 0.1) is 28.8 Å². The second-order valence-corrected chi connectivity index (χ2v) is 10.9. The minimum absolute atomic E-state index is 0.0146. The molecule has 0 bridgehead atoms. The summed E-state index contributed by atoms with van der Waals surface area (Å²) in [5, 5.41) is 17.5. The smallest absolute Gasteiger partial charge is 0.303 e. The summed E-state index contributed by atoms with van der Waals surface area (Å²) in [6.07, 6.45) is -1.90. The van der Waals surface area contributed by atoms with Crippen molar-refractivity contribution >= 4 is 41.3 Å². The molecule has 3 rings (SSSR count). The molecular formula is C28H26ClF3N4O7S. The van der Waals surface area contributed by atoms with Gasteiger partial charge in [0, 0.05) is 36.3 Å². The number of ether oxygens (including phenoxy) is 4. The van der Waals surface area contributed by atoms with E-state index in [0.29, 0.717) is 4.90 Å². The molecule has 234 valence electrons. The van der Waals surface area contributed by atoms with Gasteiger partial charge < -0.3 is 18.9 Å². The Morgan fingerprint density at radius 1 is 1.00 bits per heavy atom. The number of esters is 3. The van der Waals surface area contributed by atoms with Gasteiger partial charge in [0.1, 0.15) is 29.9 Å². The van der Waals surface area contributed by atoms with Gasteiger partial charge in [0.05, 0.1) is 24.4 Å². The van der Waals surface area contributed by atoms with Crippen molar-refractivity contribution in [3.8, 4) is 17.3 Å². The highest BCUT2D eigenvalue weighted by molar-refractivity contribution is 7.99. The predicted molar refractivity (Wildman–Crippen MR) is 149 cm³/mol. The SMILES string of the molecule is CC(=O)OCC(OC(Sc1cc(Cl)cc(C#N)c1)[C@H](Cn1cc(-c2cc(F)c(F)c(F)c2)nn1)OC(C)=O)[C@@H](C)OC(C)=O. The van der Waals surface area contributed by atoms with Crippen LogP contribution >= 0.6 is 23.4 Å². The molecule has 0 N–H and O–H groups in total. The summed E-state index contributed by atoms with van der Waals surface area (Å²) >= 11 is 7.18. The van der Waals surface area contributed by atoms with E-state index in [1.165, 1.54) is 49.8 Å². The van der Waals surface area contributed by atoms with Gasteiger partial charge in [-0.15, -0.1) is 5.10 Å². The van der Waals surface area contributed by atoms with Crippen molar-refractivity contribution in [2.45, 2.75) is 62.9 Å². The predicted octanol–water partition coefficient (Wildman–Crippen LogP) is 4.84. The molecule has 0 fully saturated rings. The minimum Gasteiger partial charge on any atom is -0.463 e. The molecule has 2 unspecified atom stereocenters.